The Balaban J connectivity index is 1.40. The van der Waals surface area contributed by atoms with Crippen molar-refractivity contribution in [2.75, 3.05) is 31.6 Å². The minimum Gasteiger partial charge on any atom is -0.457 e. The van der Waals surface area contributed by atoms with E-state index in [9.17, 15) is 9.59 Å². The highest BCUT2D eigenvalue weighted by atomic mass is 16.5. The Labute approximate surface area is 188 Å². The number of hydrogen-bond donors (Lipinski definition) is 1. The maximum Gasteiger partial charge on any atom is 0.327 e. The minimum absolute atomic E-state index is 0.115. The third kappa shape index (κ3) is 3.40. The molecule has 0 aliphatic carbocycles. The van der Waals surface area contributed by atoms with Crippen molar-refractivity contribution in [1.82, 2.24) is 20.0 Å². The highest BCUT2D eigenvalue weighted by Crippen LogP contribution is 2.35. The van der Waals surface area contributed by atoms with Crippen LogP contribution in [0.25, 0.3) is 0 Å². The molecule has 168 valence electrons. The molecule has 0 bridgehead atoms. The summed E-state index contributed by atoms with van der Waals surface area (Å²) in [6.45, 7) is 6.08. The standard InChI is InChI=1S/C24H29N5O3/c1-4-27-22(30)20-21(26(3)24(27)31)25-23-28(14-16(2)15-29(20)23)17-10-12-19(13-11-17)32-18-8-6-5-7-9-18/h5-13,16,20-21,23,25H,4,14-15H2,1-3H3. The predicted molar refractivity (Wildman–Crippen MR) is 121 cm³/mol. The number of ether oxygens (including phenoxy) is 1. The zero-order chi connectivity index (χ0) is 22.4. The van der Waals surface area contributed by atoms with E-state index in [1.165, 1.54) is 4.90 Å². The molecule has 2 aromatic carbocycles. The number of para-hydroxylation sites is 1. The van der Waals surface area contributed by atoms with E-state index in [2.05, 4.69) is 22.0 Å². The van der Waals surface area contributed by atoms with Crippen molar-refractivity contribution in [2.24, 2.45) is 5.92 Å². The van der Waals surface area contributed by atoms with E-state index in [1.807, 2.05) is 61.5 Å². The first-order chi connectivity index (χ1) is 15.5. The van der Waals surface area contributed by atoms with Gasteiger partial charge in [-0.1, -0.05) is 25.1 Å². The molecule has 3 heterocycles. The Morgan fingerprint density at radius 2 is 1.69 bits per heavy atom. The maximum absolute atomic E-state index is 13.2. The van der Waals surface area contributed by atoms with Gasteiger partial charge >= 0.3 is 6.03 Å². The van der Waals surface area contributed by atoms with Crippen molar-refractivity contribution in [3.8, 4) is 11.5 Å². The molecule has 0 spiro atoms. The van der Waals surface area contributed by atoms with Gasteiger partial charge < -0.3 is 14.5 Å². The first-order valence-corrected chi connectivity index (χ1v) is 11.2. The number of fused-ring (bicyclic) bond motifs is 3. The summed E-state index contributed by atoms with van der Waals surface area (Å²) in [6.07, 6.45) is -0.491. The van der Waals surface area contributed by atoms with Crippen molar-refractivity contribution in [3.05, 3.63) is 54.6 Å². The second-order valence-electron chi connectivity index (χ2n) is 8.77. The van der Waals surface area contributed by atoms with Gasteiger partial charge in [-0.05, 0) is 49.2 Å². The first-order valence-electron chi connectivity index (χ1n) is 11.2. The largest absolute Gasteiger partial charge is 0.457 e. The van der Waals surface area contributed by atoms with E-state index in [1.54, 1.807) is 11.9 Å². The van der Waals surface area contributed by atoms with E-state index in [0.29, 0.717) is 12.5 Å². The van der Waals surface area contributed by atoms with Crippen LogP contribution in [0.15, 0.2) is 54.6 Å². The van der Waals surface area contributed by atoms with Gasteiger partial charge in [-0.2, -0.15) is 0 Å². The lowest BCUT2D eigenvalue weighted by atomic mass is 10.0. The van der Waals surface area contributed by atoms with Crippen LogP contribution in [0, 0.1) is 5.92 Å². The number of benzene rings is 2. The SMILES string of the molecule is CCN1C(=O)C2C(NC3N(c4ccc(Oc5ccccc5)cc4)CC(C)CN23)N(C)C1=O. The second kappa shape index (κ2) is 8.11. The number of urea groups is 1. The summed E-state index contributed by atoms with van der Waals surface area (Å²) in [5.41, 5.74) is 1.05. The number of hydrogen-bond acceptors (Lipinski definition) is 6. The van der Waals surface area contributed by atoms with E-state index >= 15 is 0 Å². The molecule has 3 aliphatic heterocycles. The average Bonchev–Trinajstić information content (AvgIpc) is 3.18. The molecule has 4 unspecified atom stereocenters. The number of imide groups is 1. The van der Waals surface area contributed by atoms with Crippen LogP contribution < -0.4 is 15.0 Å². The topological polar surface area (TPSA) is 68.4 Å². The van der Waals surface area contributed by atoms with Crippen LogP contribution >= 0.6 is 0 Å². The fraction of sp³-hybridized carbons (Fsp3) is 0.417. The van der Waals surface area contributed by atoms with Gasteiger partial charge in [0.05, 0.1) is 0 Å². The summed E-state index contributed by atoms with van der Waals surface area (Å²) in [4.78, 5) is 33.3. The summed E-state index contributed by atoms with van der Waals surface area (Å²) in [5.74, 6) is 1.83. The Morgan fingerprint density at radius 1 is 1.00 bits per heavy atom. The minimum atomic E-state index is -0.381. The van der Waals surface area contributed by atoms with Gasteiger partial charge in [-0.25, -0.2) is 4.79 Å². The number of likely N-dealkylation sites (N-methyl/N-ethyl adjacent to an activating group) is 2. The molecule has 32 heavy (non-hydrogen) atoms. The van der Waals surface area contributed by atoms with Crippen molar-refractivity contribution in [1.29, 1.82) is 0 Å². The number of nitrogens with zero attached hydrogens (tertiary/aromatic N) is 4. The highest BCUT2D eigenvalue weighted by molar-refractivity contribution is 6.00. The fourth-order valence-corrected chi connectivity index (χ4v) is 5.04. The number of nitrogens with one attached hydrogen (secondary N) is 1. The molecule has 3 aliphatic rings. The molecule has 8 heteroatoms. The summed E-state index contributed by atoms with van der Waals surface area (Å²) in [5, 5.41) is 3.55. The zero-order valence-corrected chi connectivity index (χ0v) is 18.6. The lowest BCUT2D eigenvalue weighted by Crippen LogP contribution is -2.66. The second-order valence-corrected chi connectivity index (χ2v) is 8.77. The van der Waals surface area contributed by atoms with Crippen molar-refractivity contribution in [3.63, 3.8) is 0 Å². The van der Waals surface area contributed by atoms with E-state index < -0.39 is 0 Å². The summed E-state index contributed by atoms with van der Waals surface area (Å²) in [7, 11) is 1.77. The number of rotatable bonds is 4. The molecule has 0 saturated carbocycles. The number of anilines is 1. The fourth-order valence-electron chi connectivity index (χ4n) is 5.04. The summed E-state index contributed by atoms with van der Waals surface area (Å²) < 4.78 is 5.93. The van der Waals surface area contributed by atoms with Crippen molar-refractivity contribution >= 4 is 17.6 Å². The van der Waals surface area contributed by atoms with Crippen molar-refractivity contribution in [2.45, 2.75) is 32.3 Å². The molecule has 1 N–H and O–H groups in total. The van der Waals surface area contributed by atoms with Gasteiger partial charge in [0.2, 0.25) is 0 Å². The molecule has 2 aromatic rings. The van der Waals surface area contributed by atoms with E-state index in [-0.39, 0.29) is 30.4 Å². The quantitative estimate of drug-likeness (QED) is 0.797. The van der Waals surface area contributed by atoms with Gasteiger partial charge in [0, 0.05) is 32.4 Å². The van der Waals surface area contributed by atoms with Crippen LogP contribution in [0.3, 0.4) is 0 Å². The van der Waals surface area contributed by atoms with Crippen LogP contribution in [-0.2, 0) is 4.79 Å². The smallest absolute Gasteiger partial charge is 0.327 e. The van der Waals surface area contributed by atoms with Crippen LogP contribution in [0.2, 0.25) is 0 Å². The molecule has 0 aromatic heterocycles. The predicted octanol–water partition coefficient (Wildman–Crippen LogP) is 2.73. The normalized spacial score (nSPS) is 28.0. The Kier molecular flexibility index (Phi) is 5.27. The van der Waals surface area contributed by atoms with Crippen LogP contribution in [0.5, 0.6) is 11.5 Å². The zero-order valence-electron chi connectivity index (χ0n) is 18.6. The average molecular weight is 436 g/mol. The van der Waals surface area contributed by atoms with Gasteiger partial charge in [-0.15, -0.1) is 0 Å². The van der Waals surface area contributed by atoms with Crippen molar-refractivity contribution < 1.29 is 14.3 Å². The van der Waals surface area contributed by atoms with Crippen LogP contribution in [0.1, 0.15) is 13.8 Å². The van der Waals surface area contributed by atoms with E-state index in [0.717, 1.165) is 30.3 Å². The van der Waals surface area contributed by atoms with Crippen LogP contribution in [0.4, 0.5) is 10.5 Å². The van der Waals surface area contributed by atoms with E-state index in [4.69, 9.17) is 4.74 Å². The van der Waals surface area contributed by atoms with Gasteiger partial charge in [0.1, 0.15) is 30.0 Å². The molecule has 5 rings (SSSR count). The Hall–Kier alpha value is -3.10. The number of carbonyl (C=O) groups is 2. The molecule has 8 nitrogen and oxygen atoms in total. The third-order valence-electron chi connectivity index (χ3n) is 6.55. The summed E-state index contributed by atoms with van der Waals surface area (Å²) >= 11 is 0. The molecule has 3 saturated heterocycles. The Bertz CT molecular complexity index is 998. The lowest BCUT2D eigenvalue weighted by molar-refractivity contribution is -0.138. The number of carbonyl (C=O) groups excluding carboxylic acids is 2. The van der Waals surface area contributed by atoms with Gasteiger partial charge in [0.25, 0.3) is 5.91 Å². The summed E-state index contributed by atoms with van der Waals surface area (Å²) in [6, 6.07) is 17.1. The van der Waals surface area contributed by atoms with Gasteiger partial charge in [-0.3, -0.25) is 19.9 Å². The highest BCUT2D eigenvalue weighted by Gasteiger charge is 2.56. The van der Waals surface area contributed by atoms with Crippen LogP contribution in [-0.4, -0.2) is 71.8 Å². The molecular weight excluding hydrogens is 406 g/mol. The number of amides is 3. The monoisotopic (exact) mass is 435 g/mol. The Morgan fingerprint density at radius 3 is 2.38 bits per heavy atom. The molecular formula is C24H29N5O3. The van der Waals surface area contributed by atoms with Gasteiger partial charge in [0.15, 0.2) is 0 Å². The molecule has 3 amide bonds. The maximum atomic E-state index is 13.2. The molecule has 4 atom stereocenters. The molecule has 0 radical (unpaired) electrons. The lowest BCUT2D eigenvalue weighted by Gasteiger charge is -2.45. The molecule has 3 fully saturated rings. The third-order valence-corrected chi connectivity index (χ3v) is 6.55. The first kappa shape index (κ1) is 20.8.